The fourth-order valence-electron chi connectivity index (χ4n) is 1.45. The van der Waals surface area contributed by atoms with E-state index in [9.17, 15) is 8.42 Å². The monoisotopic (exact) mass is 235 g/mol. The number of rotatable bonds is 3. The van der Waals surface area contributed by atoms with Crippen molar-refractivity contribution in [3.05, 3.63) is 0 Å². The quantitative estimate of drug-likeness (QED) is 0.716. The van der Waals surface area contributed by atoms with Crippen LogP contribution in [0.25, 0.3) is 0 Å². The molecule has 0 spiro atoms. The van der Waals surface area contributed by atoms with E-state index in [1.54, 1.807) is 0 Å². The van der Waals surface area contributed by atoms with Gasteiger partial charge < -0.3 is 4.74 Å². The van der Waals surface area contributed by atoms with E-state index in [-0.39, 0.29) is 5.60 Å². The molecule has 0 atom stereocenters. The molecule has 0 aromatic rings. The van der Waals surface area contributed by atoms with E-state index in [4.69, 9.17) is 4.74 Å². The Morgan fingerprint density at radius 1 is 1.20 bits per heavy atom. The number of hydrogen-bond acceptors (Lipinski definition) is 4. The molecule has 0 N–H and O–H groups in total. The standard InChI is InChI=1S/C10H21NO3S/c1-10(2,3)14-7-4-11-5-8-15(12,13)9-6-11/h4-9H2,1-3H3. The predicted molar refractivity (Wildman–Crippen MR) is 60.8 cm³/mol. The van der Waals surface area contributed by atoms with Gasteiger partial charge in [-0.3, -0.25) is 4.90 Å². The molecule has 0 aromatic carbocycles. The Kier molecular flexibility index (Phi) is 4.14. The third-order valence-corrected chi connectivity index (χ3v) is 3.99. The van der Waals surface area contributed by atoms with E-state index in [1.807, 2.05) is 20.8 Å². The smallest absolute Gasteiger partial charge is 0.152 e. The van der Waals surface area contributed by atoms with Crippen molar-refractivity contribution in [1.29, 1.82) is 0 Å². The first-order valence-electron chi connectivity index (χ1n) is 5.35. The summed E-state index contributed by atoms with van der Waals surface area (Å²) in [5.41, 5.74) is -0.109. The Morgan fingerprint density at radius 2 is 1.73 bits per heavy atom. The van der Waals surface area contributed by atoms with Gasteiger partial charge in [0, 0.05) is 19.6 Å². The van der Waals surface area contributed by atoms with E-state index in [1.165, 1.54) is 0 Å². The van der Waals surface area contributed by atoms with Gasteiger partial charge in [0.2, 0.25) is 0 Å². The lowest BCUT2D eigenvalue weighted by Gasteiger charge is -2.28. The first-order valence-corrected chi connectivity index (χ1v) is 7.17. The van der Waals surface area contributed by atoms with E-state index < -0.39 is 9.84 Å². The summed E-state index contributed by atoms with van der Waals surface area (Å²) >= 11 is 0. The van der Waals surface area contributed by atoms with Gasteiger partial charge in [-0.15, -0.1) is 0 Å². The van der Waals surface area contributed by atoms with Crippen molar-refractivity contribution < 1.29 is 13.2 Å². The van der Waals surface area contributed by atoms with Crippen LogP contribution >= 0.6 is 0 Å². The van der Waals surface area contributed by atoms with Crippen LogP contribution in [0.4, 0.5) is 0 Å². The zero-order chi connectivity index (χ0) is 11.5. The van der Waals surface area contributed by atoms with Crippen molar-refractivity contribution in [2.24, 2.45) is 0 Å². The van der Waals surface area contributed by atoms with Gasteiger partial charge in [0.1, 0.15) is 0 Å². The van der Waals surface area contributed by atoms with Crippen molar-refractivity contribution in [1.82, 2.24) is 4.90 Å². The summed E-state index contributed by atoms with van der Waals surface area (Å²) in [7, 11) is -2.75. The summed E-state index contributed by atoms with van der Waals surface area (Å²) in [6, 6.07) is 0. The molecular formula is C10H21NO3S. The molecule has 1 heterocycles. The van der Waals surface area contributed by atoms with Crippen LogP contribution in [0.2, 0.25) is 0 Å². The highest BCUT2D eigenvalue weighted by atomic mass is 32.2. The summed E-state index contributed by atoms with van der Waals surface area (Å²) in [6.07, 6.45) is 0. The summed E-state index contributed by atoms with van der Waals surface area (Å²) in [4.78, 5) is 2.15. The highest BCUT2D eigenvalue weighted by Gasteiger charge is 2.21. The number of sulfone groups is 1. The van der Waals surface area contributed by atoms with Crippen molar-refractivity contribution >= 4 is 9.84 Å². The number of hydrogen-bond donors (Lipinski definition) is 0. The second kappa shape index (κ2) is 4.80. The molecule has 1 rings (SSSR count). The average Bonchev–Trinajstić information content (AvgIpc) is 2.06. The maximum atomic E-state index is 11.2. The van der Waals surface area contributed by atoms with Gasteiger partial charge >= 0.3 is 0 Å². The Labute approximate surface area is 92.5 Å². The van der Waals surface area contributed by atoms with E-state index >= 15 is 0 Å². The summed E-state index contributed by atoms with van der Waals surface area (Å²) in [6.45, 7) is 8.86. The van der Waals surface area contributed by atoms with E-state index in [0.717, 1.165) is 6.54 Å². The molecule has 4 nitrogen and oxygen atoms in total. The van der Waals surface area contributed by atoms with E-state index in [2.05, 4.69) is 4.90 Å². The highest BCUT2D eigenvalue weighted by molar-refractivity contribution is 7.91. The molecule has 5 heteroatoms. The van der Waals surface area contributed by atoms with Crippen LogP contribution in [-0.2, 0) is 14.6 Å². The van der Waals surface area contributed by atoms with Crippen LogP contribution in [0.5, 0.6) is 0 Å². The van der Waals surface area contributed by atoms with Crippen molar-refractivity contribution in [3.63, 3.8) is 0 Å². The van der Waals surface area contributed by atoms with Crippen LogP contribution in [-0.4, -0.2) is 56.7 Å². The third-order valence-electron chi connectivity index (χ3n) is 2.38. The van der Waals surface area contributed by atoms with Crippen molar-refractivity contribution in [2.45, 2.75) is 26.4 Å². The lowest BCUT2D eigenvalue weighted by molar-refractivity contribution is -0.0123. The highest BCUT2D eigenvalue weighted by Crippen LogP contribution is 2.08. The molecular weight excluding hydrogens is 214 g/mol. The fraction of sp³-hybridized carbons (Fsp3) is 1.00. The van der Waals surface area contributed by atoms with Crippen LogP contribution in [0.1, 0.15) is 20.8 Å². The maximum absolute atomic E-state index is 11.2. The van der Waals surface area contributed by atoms with Gasteiger partial charge in [-0.1, -0.05) is 0 Å². The van der Waals surface area contributed by atoms with Gasteiger partial charge in [0.25, 0.3) is 0 Å². The van der Waals surface area contributed by atoms with Gasteiger partial charge in [0.05, 0.1) is 23.7 Å². The molecule has 0 aliphatic carbocycles. The minimum atomic E-state index is -2.75. The van der Waals surface area contributed by atoms with Gasteiger partial charge in [-0.2, -0.15) is 0 Å². The van der Waals surface area contributed by atoms with Gasteiger partial charge in [-0.25, -0.2) is 8.42 Å². The van der Waals surface area contributed by atoms with Crippen LogP contribution in [0, 0.1) is 0 Å². The molecule has 0 amide bonds. The first-order chi connectivity index (χ1) is 6.79. The first kappa shape index (κ1) is 12.9. The van der Waals surface area contributed by atoms with Crippen LogP contribution in [0.3, 0.4) is 0 Å². The largest absolute Gasteiger partial charge is 0.375 e. The molecule has 90 valence electrons. The second-order valence-corrected chi connectivity index (χ2v) is 7.26. The molecule has 1 saturated heterocycles. The molecule has 15 heavy (non-hydrogen) atoms. The van der Waals surface area contributed by atoms with Crippen LogP contribution < -0.4 is 0 Å². The molecule has 0 aromatic heterocycles. The number of nitrogens with zero attached hydrogens (tertiary/aromatic N) is 1. The zero-order valence-electron chi connectivity index (χ0n) is 9.82. The molecule has 1 aliphatic rings. The van der Waals surface area contributed by atoms with E-state index in [0.29, 0.717) is 31.2 Å². The third kappa shape index (κ3) is 5.49. The van der Waals surface area contributed by atoms with Crippen LogP contribution in [0.15, 0.2) is 0 Å². The summed E-state index contributed by atoms with van der Waals surface area (Å²) < 4.78 is 27.9. The fourth-order valence-corrected chi connectivity index (χ4v) is 2.73. The molecule has 1 aliphatic heterocycles. The van der Waals surface area contributed by atoms with Crippen molar-refractivity contribution in [3.8, 4) is 0 Å². The number of ether oxygens (including phenoxy) is 1. The maximum Gasteiger partial charge on any atom is 0.152 e. The normalized spacial score (nSPS) is 22.9. The minimum Gasteiger partial charge on any atom is -0.375 e. The second-order valence-electron chi connectivity index (χ2n) is 4.95. The predicted octanol–water partition coefficient (Wildman–Crippen LogP) is 0.532. The average molecular weight is 235 g/mol. The molecule has 0 unspecified atom stereocenters. The summed E-state index contributed by atoms with van der Waals surface area (Å²) in [5.74, 6) is 0.588. The molecule has 0 saturated carbocycles. The molecule has 0 bridgehead atoms. The molecule has 1 fully saturated rings. The van der Waals surface area contributed by atoms with Gasteiger partial charge in [-0.05, 0) is 20.8 Å². The SMILES string of the molecule is CC(C)(C)OCCN1CCS(=O)(=O)CC1. The lowest BCUT2D eigenvalue weighted by atomic mass is 10.2. The Bertz CT molecular complexity index is 278. The summed E-state index contributed by atoms with van der Waals surface area (Å²) in [5, 5.41) is 0. The Balaban J connectivity index is 2.20. The minimum absolute atomic E-state index is 0.109. The molecule has 0 radical (unpaired) electrons. The van der Waals surface area contributed by atoms with Crippen molar-refractivity contribution in [2.75, 3.05) is 37.7 Å². The Hall–Kier alpha value is -0.130. The van der Waals surface area contributed by atoms with Gasteiger partial charge in [0.15, 0.2) is 9.84 Å². The lowest BCUT2D eigenvalue weighted by Crippen LogP contribution is -2.42. The Morgan fingerprint density at radius 3 is 2.20 bits per heavy atom. The zero-order valence-corrected chi connectivity index (χ0v) is 10.6. The topological polar surface area (TPSA) is 46.6 Å².